The summed E-state index contributed by atoms with van der Waals surface area (Å²) in [5, 5.41) is 2.80. The zero-order chi connectivity index (χ0) is 22.4. The van der Waals surface area contributed by atoms with E-state index in [0.717, 1.165) is 17.7 Å². The first-order valence-electron chi connectivity index (χ1n) is 10.3. The largest absolute Gasteiger partial charge is 0.493 e. The average molecular weight is 447 g/mol. The number of aromatic nitrogens is 2. The van der Waals surface area contributed by atoms with Gasteiger partial charge in [0.1, 0.15) is 17.2 Å². The summed E-state index contributed by atoms with van der Waals surface area (Å²) in [5.74, 6) is 1.08. The monoisotopic (exact) mass is 446 g/mol. The van der Waals surface area contributed by atoms with E-state index in [2.05, 4.69) is 15.3 Å². The molecule has 0 saturated carbocycles. The lowest BCUT2D eigenvalue weighted by molar-refractivity contribution is 0.0526. The number of nitrogens with zero attached hydrogens (tertiary/aromatic N) is 3. The molecule has 0 atom stereocenters. The molecule has 9 heteroatoms. The molecule has 1 N–H and O–H groups in total. The number of fused-ring (bicyclic) bond motifs is 1. The summed E-state index contributed by atoms with van der Waals surface area (Å²) in [6.45, 7) is 6.92. The van der Waals surface area contributed by atoms with E-state index in [1.807, 2.05) is 32.9 Å². The fourth-order valence-electron chi connectivity index (χ4n) is 3.17. The number of benzene rings is 1. The number of anilines is 1. The third kappa shape index (κ3) is 6.55. The number of halogens is 1. The van der Waals surface area contributed by atoms with Crippen molar-refractivity contribution in [3.63, 3.8) is 0 Å². The fourth-order valence-corrected chi connectivity index (χ4v) is 3.31. The molecule has 2 amide bonds. The summed E-state index contributed by atoms with van der Waals surface area (Å²) in [4.78, 5) is 34.7. The van der Waals surface area contributed by atoms with Crippen molar-refractivity contribution in [2.24, 2.45) is 0 Å². The standard InChI is InChI=1S/C22H27ClN4O4/c1-22(2,3)31-21(29)25-10-4-5-12-27(18-8-11-24-20(23)26-18)19(28)16-6-7-17-15(14-16)9-13-30-17/h6-8,11,14H,4-5,9-10,12-13H2,1-3H3,(H,25,29). The molecule has 0 spiro atoms. The predicted molar refractivity (Wildman–Crippen MR) is 118 cm³/mol. The van der Waals surface area contributed by atoms with Crippen LogP contribution in [0.1, 0.15) is 49.5 Å². The Morgan fingerprint density at radius 3 is 2.81 bits per heavy atom. The number of ether oxygens (including phenoxy) is 2. The number of amides is 2. The maximum Gasteiger partial charge on any atom is 0.407 e. The van der Waals surface area contributed by atoms with Gasteiger partial charge in [-0.3, -0.25) is 9.69 Å². The molecule has 2 aromatic rings. The summed E-state index contributed by atoms with van der Waals surface area (Å²) in [7, 11) is 0. The highest BCUT2D eigenvalue weighted by Gasteiger charge is 2.22. The molecule has 8 nitrogen and oxygen atoms in total. The third-order valence-corrected chi connectivity index (χ3v) is 4.73. The number of rotatable bonds is 7. The molecule has 166 valence electrons. The molecule has 1 aromatic carbocycles. The van der Waals surface area contributed by atoms with Gasteiger partial charge in [0.05, 0.1) is 6.61 Å². The molecule has 1 aliphatic heterocycles. The molecule has 0 saturated heterocycles. The molecule has 0 bridgehead atoms. The van der Waals surface area contributed by atoms with Crippen LogP contribution in [0.5, 0.6) is 5.75 Å². The number of unbranched alkanes of at least 4 members (excludes halogenated alkanes) is 1. The number of hydrogen-bond donors (Lipinski definition) is 1. The Morgan fingerprint density at radius 2 is 2.06 bits per heavy atom. The molecule has 1 aromatic heterocycles. The van der Waals surface area contributed by atoms with E-state index >= 15 is 0 Å². The average Bonchev–Trinajstić information content (AvgIpc) is 3.16. The third-order valence-electron chi connectivity index (χ3n) is 4.55. The zero-order valence-electron chi connectivity index (χ0n) is 18.0. The van der Waals surface area contributed by atoms with Crippen LogP contribution < -0.4 is 15.0 Å². The highest BCUT2D eigenvalue weighted by Crippen LogP contribution is 2.27. The zero-order valence-corrected chi connectivity index (χ0v) is 18.7. The molecule has 0 unspecified atom stereocenters. The van der Waals surface area contributed by atoms with Gasteiger partial charge in [-0.2, -0.15) is 0 Å². The second kappa shape index (κ2) is 9.96. The molecule has 1 aliphatic rings. The van der Waals surface area contributed by atoms with E-state index in [4.69, 9.17) is 21.1 Å². The van der Waals surface area contributed by atoms with E-state index in [9.17, 15) is 9.59 Å². The van der Waals surface area contributed by atoms with E-state index in [1.54, 1.807) is 17.0 Å². The van der Waals surface area contributed by atoms with Crippen LogP contribution in [-0.4, -0.2) is 47.3 Å². The minimum Gasteiger partial charge on any atom is -0.493 e. The van der Waals surface area contributed by atoms with Crippen molar-refractivity contribution in [1.82, 2.24) is 15.3 Å². The van der Waals surface area contributed by atoms with E-state index in [1.165, 1.54) is 6.20 Å². The van der Waals surface area contributed by atoms with Gasteiger partial charge >= 0.3 is 6.09 Å². The first kappa shape index (κ1) is 22.8. The molecule has 31 heavy (non-hydrogen) atoms. The first-order valence-corrected chi connectivity index (χ1v) is 10.6. The van der Waals surface area contributed by atoms with Gasteiger partial charge in [0, 0.05) is 31.3 Å². The number of nitrogens with one attached hydrogen (secondary N) is 1. The smallest absolute Gasteiger partial charge is 0.407 e. The van der Waals surface area contributed by atoms with Crippen LogP contribution in [0.4, 0.5) is 10.6 Å². The Morgan fingerprint density at radius 1 is 1.26 bits per heavy atom. The van der Waals surface area contributed by atoms with E-state index in [-0.39, 0.29) is 11.2 Å². The Hall–Kier alpha value is -2.87. The van der Waals surface area contributed by atoms with Crippen LogP contribution in [0, 0.1) is 0 Å². The Kier molecular flexibility index (Phi) is 7.33. The van der Waals surface area contributed by atoms with E-state index < -0.39 is 11.7 Å². The lowest BCUT2D eigenvalue weighted by Crippen LogP contribution is -2.34. The predicted octanol–water partition coefficient (Wildman–Crippen LogP) is 4.02. The summed E-state index contributed by atoms with van der Waals surface area (Å²) in [6, 6.07) is 7.10. The van der Waals surface area contributed by atoms with Crippen molar-refractivity contribution < 1.29 is 19.1 Å². The molecule has 2 heterocycles. The van der Waals surface area contributed by atoms with Gasteiger partial charge in [-0.25, -0.2) is 14.8 Å². The second-order valence-electron chi connectivity index (χ2n) is 8.20. The quantitative estimate of drug-likeness (QED) is 0.510. The van der Waals surface area contributed by atoms with Crippen LogP contribution in [-0.2, 0) is 11.2 Å². The Balaban J connectivity index is 1.64. The van der Waals surface area contributed by atoms with Crippen LogP contribution in [0.3, 0.4) is 0 Å². The normalized spacial score (nSPS) is 12.6. The highest BCUT2D eigenvalue weighted by molar-refractivity contribution is 6.28. The summed E-state index contributed by atoms with van der Waals surface area (Å²) in [5.41, 5.74) is 1.04. The van der Waals surface area contributed by atoms with Gasteiger partial charge < -0.3 is 14.8 Å². The second-order valence-corrected chi connectivity index (χ2v) is 8.54. The van der Waals surface area contributed by atoms with Crippen LogP contribution >= 0.6 is 11.6 Å². The van der Waals surface area contributed by atoms with Gasteiger partial charge in [-0.15, -0.1) is 0 Å². The topological polar surface area (TPSA) is 93.7 Å². The minimum absolute atomic E-state index is 0.0734. The van der Waals surface area contributed by atoms with Crippen LogP contribution in [0.25, 0.3) is 0 Å². The maximum absolute atomic E-state index is 13.3. The molecule has 0 radical (unpaired) electrons. The molecule has 3 rings (SSSR count). The van der Waals surface area contributed by atoms with Crippen molar-refractivity contribution in [2.45, 2.75) is 45.6 Å². The summed E-state index contributed by atoms with van der Waals surface area (Å²) < 4.78 is 10.8. The summed E-state index contributed by atoms with van der Waals surface area (Å²) in [6.07, 6.45) is 3.16. The summed E-state index contributed by atoms with van der Waals surface area (Å²) >= 11 is 5.95. The van der Waals surface area contributed by atoms with Crippen LogP contribution in [0.15, 0.2) is 30.5 Å². The molecular weight excluding hydrogens is 420 g/mol. The van der Waals surface area contributed by atoms with Gasteiger partial charge in [-0.1, -0.05) is 0 Å². The number of alkyl carbamates (subject to hydrolysis) is 1. The SMILES string of the molecule is CC(C)(C)OC(=O)NCCCCN(C(=O)c1ccc2c(c1)CCO2)c1ccnc(Cl)n1. The number of carbonyl (C=O) groups excluding carboxylic acids is 2. The Bertz CT molecular complexity index is 945. The first-order chi connectivity index (χ1) is 14.7. The number of carbonyl (C=O) groups is 2. The van der Waals surface area contributed by atoms with Crippen molar-refractivity contribution in [1.29, 1.82) is 0 Å². The molecule has 0 fully saturated rings. The molecule has 0 aliphatic carbocycles. The van der Waals surface area contributed by atoms with Crippen molar-refractivity contribution >= 4 is 29.4 Å². The van der Waals surface area contributed by atoms with Gasteiger partial charge in [0.25, 0.3) is 5.91 Å². The Labute approximate surface area is 186 Å². The van der Waals surface area contributed by atoms with Gasteiger partial charge in [0.15, 0.2) is 0 Å². The number of hydrogen-bond acceptors (Lipinski definition) is 6. The molecular formula is C22H27ClN4O4. The lowest BCUT2D eigenvalue weighted by Gasteiger charge is -2.22. The fraction of sp³-hybridized carbons (Fsp3) is 0.455. The van der Waals surface area contributed by atoms with Crippen molar-refractivity contribution in [3.8, 4) is 5.75 Å². The highest BCUT2D eigenvalue weighted by atomic mass is 35.5. The van der Waals surface area contributed by atoms with Crippen LogP contribution in [0.2, 0.25) is 5.28 Å². The van der Waals surface area contributed by atoms with Gasteiger partial charge in [-0.05, 0) is 75.0 Å². The maximum atomic E-state index is 13.3. The van der Waals surface area contributed by atoms with Crippen molar-refractivity contribution in [3.05, 3.63) is 46.9 Å². The van der Waals surface area contributed by atoms with Crippen molar-refractivity contribution in [2.75, 3.05) is 24.6 Å². The lowest BCUT2D eigenvalue weighted by atomic mass is 10.1. The van der Waals surface area contributed by atoms with Gasteiger partial charge in [0.2, 0.25) is 5.28 Å². The van der Waals surface area contributed by atoms with E-state index in [0.29, 0.717) is 43.9 Å². The minimum atomic E-state index is -0.541.